The zero-order valence-corrected chi connectivity index (χ0v) is 20.1. The summed E-state index contributed by atoms with van der Waals surface area (Å²) < 4.78 is 70.1. The highest BCUT2D eigenvalue weighted by atomic mass is 32.3. The van der Waals surface area contributed by atoms with Crippen molar-refractivity contribution in [2.75, 3.05) is 0 Å². The first kappa shape index (κ1) is 27.7. The van der Waals surface area contributed by atoms with Crippen LogP contribution in [0.3, 0.4) is 0 Å². The second-order valence-corrected chi connectivity index (χ2v) is 10.1. The van der Waals surface area contributed by atoms with E-state index in [4.69, 9.17) is 9.11 Å². The van der Waals surface area contributed by atoms with Gasteiger partial charge in [-0.3, -0.25) is 9.11 Å². The van der Waals surface area contributed by atoms with Gasteiger partial charge in [0.25, 0.3) is 0 Å². The van der Waals surface area contributed by atoms with E-state index in [0.717, 1.165) is 37.7 Å². The molecule has 0 radical (unpaired) electrons. The van der Waals surface area contributed by atoms with Crippen molar-refractivity contribution in [1.29, 1.82) is 0 Å². The quantitative estimate of drug-likeness (QED) is 0.220. The van der Waals surface area contributed by atoms with E-state index >= 15 is 0 Å². The van der Waals surface area contributed by atoms with Gasteiger partial charge in [-0.05, 0) is 36.5 Å². The van der Waals surface area contributed by atoms with Gasteiger partial charge in [0.2, 0.25) is 0 Å². The summed E-state index contributed by atoms with van der Waals surface area (Å²) in [6.45, 7) is 4.55. The summed E-state index contributed by atoms with van der Waals surface area (Å²) in [5, 5.41) is 0. The summed E-state index contributed by atoms with van der Waals surface area (Å²) >= 11 is 0. The average Bonchev–Trinajstić information content (AvgIpc) is 2.60. The third-order valence-electron chi connectivity index (χ3n) is 5.04. The minimum absolute atomic E-state index is 0.299. The van der Waals surface area contributed by atoms with Crippen LogP contribution in [0, 0.1) is 5.92 Å². The van der Waals surface area contributed by atoms with Crippen LogP contribution in [0.25, 0.3) is 0 Å². The summed E-state index contributed by atoms with van der Waals surface area (Å²) in [4.78, 5) is 0. The van der Waals surface area contributed by atoms with Gasteiger partial charge >= 0.3 is 20.8 Å². The van der Waals surface area contributed by atoms with E-state index in [1.807, 2.05) is 0 Å². The van der Waals surface area contributed by atoms with Crippen LogP contribution in [0.2, 0.25) is 0 Å². The van der Waals surface area contributed by atoms with Gasteiger partial charge in [0, 0.05) is 6.07 Å². The van der Waals surface area contributed by atoms with Crippen molar-refractivity contribution in [3.63, 3.8) is 0 Å². The molecule has 0 aliphatic carbocycles. The van der Waals surface area contributed by atoms with Crippen LogP contribution in [-0.2, 0) is 27.2 Å². The number of benzene rings is 1. The Bertz CT molecular complexity index is 798. The van der Waals surface area contributed by atoms with Crippen LogP contribution < -0.4 is 8.37 Å². The fraction of sp³-hybridized carbons (Fsp3) is 0.714. The summed E-state index contributed by atoms with van der Waals surface area (Å²) in [7, 11) is -9.54. The molecular formula is C21H36O8S2. The summed E-state index contributed by atoms with van der Waals surface area (Å²) in [6, 6.07) is 3.71. The third-order valence-corrected chi connectivity index (χ3v) is 5.84. The topological polar surface area (TPSA) is 127 Å². The SMILES string of the molecule is CCCC(C)CCCCCCCCCCc1cc(OS(=O)(=O)O)cc(OS(=O)(=O)O)c1. The van der Waals surface area contributed by atoms with E-state index < -0.39 is 20.8 Å². The highest BCUT2D eigenvalue weighted by Gasteiger charge is 2.14. The van der Waals surface area contributed by atoms with Crippen molar-refractivity contribution in [2.24, 2.45) is 5.92 Å². The molecule has 0 amide bonds. The zero-order valence-electron chi connectivity index (χ0n) is 18.5. The first-order chi connectivity index (χ1) is 14.5. The number of hydrogen-bond acceptors (Lipinski definition) is 6. The van der Waals surface area contributed by atoms with Crippen LogP contribution in [0.4, 0.5) is 0 Å². The monoisotopic (exact) mass is 480 g/mol. The minimum Gasteiger partial charge on any atom is -0.362 e. The Morgan fingerprint density at radius 2 is 1.19 bits per heavy atom. The second kappa shape index (κ2) is 13.9. The van der Waals surface area contributed by atoms with Gasteiger partial charge in [-0.25, -0.2) is 0 Å². The molecule has 1 atom stereocenters. The predicted molar refractivity (Wildman–Crippen MR) is 120 cm³/mol. The molecule has 0 aliphatic rings. The first-order valence-corrected chi connectivity index (χ1v) is 13.7. The van der Waals surface area contributed by atoms with Crippen molar-refractivity contribution >= 4 is 20.8 Å². The maximum absolute atomic E-state index is 10.9. The van der Waals surface area contributed by atoms with Gasteiger partial charge < -0.3 is 8.37 Å². The van der Waals surface area contributed by atoms with Gasteiger partial charge in [-0.15, -0.1) is 0 Å². The van der Waals surface area contributed by atoms with E-state index in [0.29, 0.717) is 12.0 Å². The number of aryl methyl sites for hydroxylation is 1. The standard InChI is InChI=1S/C21H36O8S2/c1-3-12-18(2)13-10-8-6-4-5-7-9-11-14-19-15-20(28-30(22,23)24)17-21(16-19)29-31(25,26)27/h15-18H,3-14H2,1-2H3,(H,22,23,24)(H,25,26,27). The van der Waals surface area contributed by atoms with E-state index in [2.05, 4.69) is 22.2 Å². The van der Waals surface area contributed by atoms with Gasteiger partial charge in [-0.1, -0.05) is 78.1 Å². The van der Waals surface area contributed by atoms with Crippen molar-refractivity contribution in [2.45, 2.75) is 90.9 Å². The van der Waals surface area contributed by atoms with Crippen molar-refractivity contribution in [3.05, 3.63) is 23.8 Å². The van der Waals surface area contributed by atoms with E-state index in [9.17, 15) is 16.8 Å². The van der Waals surface area contributed by atoms with Crippen LogP contribution in [0.5, 0.6) is 11.5 Å². The number of unbranched alkanes of at least 4 members (excludes halogenated alkanes) is 7. The molecule has 1 rings (SSSR count). The molecule has 0 aliphatic heterocycles. The largest absolute Gasteiger partial charge is 0.446 e. The molecule has 1 aromatic rings. The molecular weight excluding hydrogens is 444 g/mol. The summed E-state index contributed by atoms with van der Waals surface area (Å²) in [5.74, 6) is 0.230. The molecule has 10 heteroatoms. The lowest BCUT2D eigenvalue weighted by atomic mass is 9.98. The smallest absolute Gasteiger partial charge is 0.362 e. The lowest BCUT2D eigenvalue weighted by molar-refractivity contribution is 0.381. The van der Waals surface area contributed by atoms with E-state index in [-0.39, 0.29) is 11.5 Å². The Balaban J connectivity index is 2.37. The van der Waals surface area contributed by atoms with Crippen LogP contribution in [-0.4, -0.2) is 25.9 Å². The molecule has 1 unspecified atom stereocenters. The summed E-state index contributed by atoms with van der Waals surface area (Å²) in [6.07, 6.45) is 13.5. The molecule has 2 N–H and O–H groups in total. The molecule has 8 nitrogen and oxygen atoms in total. The van der Waals surface area contributed by atoms with Crippen molar-refractivity contribution in [1.82, 2.24) is 0 Å². The van der Waals surface area contributed by atoms with Crippen LogP contribution >= 0.6 is 0 Å². The fourth-order valence-corrected chi connectivity index (χ4v) is 4.31. The fourth-order valence-electron chi connectivity index (χ4n) is 3.63. The van der Waals surface area contributed by atoms with Gasteiger partial charge in [0.05, 0.1) is 0 Å². The molecule has 0 heterocycles. The normalized spacial score (nSPS) is 13.2. The minimum atomic E-state index is -4.77. The maximum Gasteiger partial charge on any atom is 0.446 e. The molecule has 31 heavy (non-hydrogen) atoms. The Morgan fingerprint density at radius 3 is 1.65 bits per heavy atom. The highest BCUT2D eigenvalue weighted by Crippen LogP contribution is 2.26. The molecule has 0 fully saturated rings. The average molecular weight is 481 g/mol. The Hall–Kier alpha value is -1.36. The molecule has 0 spiro atoms. The number of rotatable bonds is 17. The van der Waals surface area contributed by atoms with E-state index in [1.165, 1.54) is 57.1 Å². The van der Waals surface area contributed by atoms with Crippen molar-refractivity contribution < 1.29 is 34.3 Å². The Kier molecular flexibility index (Phi) is 12.4. The lowest BCUT2D eigenvalue weighted by Gasteiger charge is -2.10. The Morgan fingerprint density at radius 1 is 0.742 bits per heavy atom. The second-order valence-electron chi connectivity index (χ2n) is 8.10. The molecule has 0 bridgehead atoms. The molecule has 0 saturated heterocycles. The van der Waals surface area contributed by atoms with Gasteiger partial charge in [0.15, 0.2) is 0 Å². The molecule has 0 aromatic heterocycles. The number of hydrogen-bond donors (Lipinski definition) is 2. The van der Waals surface area contributed by atoms with E-state index in [1.54, 1.807) is 0 Å². The predicted octanol–water partition coefficient (Wildman–Crippen LogP) is 5.54. The van der Waals surface area contributed by atoms with Crippen molar-refractivity contribution in [3.8, 4) is 11.5 Å². The Labute approximate surface area is 187 Å². The first-order valence-electron chi connectivity index (χ1n) is 11.0. The lowest BCUT2D eigenvalue weighted by Crippen LogP contribution is -2.09. The molecule has 180 valence electrons. The highest BCUT2D eigenvalue weighted by molar-refractivity contribution is 7.81. The molecule has 1 aromatic carbocycles. The van der Waals surface area contributed by atoms with Gasteiger partial charge in [0.1, 0.15) is 11.5 Å². The molecule has 0 saturated carbocycles. The summed E-state index contributed by atoms with van der Waals surface area (Å²) in [5.41, 5.74) is 0.570. The van der Waals surface area contributed by atoms with Crippen LogP contribution in [0.15, 0.2) is 18.2 Å². The zero-order chi connectivity index (χ0) is 23.3. The van der Waals surface area contributed by atoms with Gasteiger partial charge in [-0.2, -0.15) is 16.8 Å². The third kappa shape index (κ3) is 15.1. The van der Waals surface area contributed by atoms with Crippen LogP contribution in [0.1, 0.15) is 90.0 Å². The maximum atomic E-state index is 10.9.